The molecule has 0 aliphatic carbocycles. The lowest BCUT2D eigenvalue weighted by Crippen LogP contribution is -2.48. The van der Waals surface area contributed by atoms with Crippen LogP contribution >= 0.6 is 0 Å². The van der Waals surface area contributed by atoms with Crippen LogP contribution < -0.4 is 0 Å². The third kappa shape index (κ3) is 2.47. The molecule has 1 atom stereocenters. The molecule has 1 unspecified atom stereocenters. The third-order valence-electron chi connectivity index (χ3n) is 3.13. The summed E-state index contributed by atoms with van der Waals surface area (Å²) in [5, 5.41) is 0. The number of carbonyl (C=O) groups excluding carboxylic acids is 3. The number of likely N-dealkylation sites (tertiary alicyclic amines) is 1. The molecule has 0 bridgehead atoms. The van der Waals surface area contributed by atoms with Crippen LogP contribution in [0.25, 0.3) is 0 Å². The highest BCUT2D eigenvalue weighted by Gasteiger charge is 2.38. The molecular weight excluding hydrogens is 230 g/mol. The average molecular weight is 245 g/mol. The van der Waals surface area contributed by atoms with Crippen molar-refractivity contribution in [2.75, 3.05) is 6.54 Å². The molecule has 94 valence electrons. The predicted octanol–water partition coefficient (Wildman–Crippen LogP) is 1.19. The molecule has 4 heteroatoms. The van der Waals surface area contributed by atoms with Crippen LogP contribution in [0.2, 0.25) is 0 Å². The molecule has 0 saturated carbocycles. The molecular formula is C14H15NO3. The van der Waals surface area contributed by atoms with Gasteiger partial charge in [0.2, 0.25) is 5.91 Å². The lowest BCUT2D eigenvalue weighted by atomic mass is 9.92. The first kappa shape index (κ1) is 12.5. The lowest BCUT2D eigenvalue weighted by molar-refractivity contribution is -0.150. The average Bonchev–Trinajstić information content (AvgIpc) is 2.34. The molecule has 1 fully saturated rings. The van der Waals surface area contributed by atoms with E-state index in [0.717, 1.165) is 5.56 Å². The summed E-state index contributed by atoms with van der Waals surface area (Å²) in [4.78, 5) is 36.6. The number of hydrogen-bond acceptors (Lipinski definition) is 3. The Morgan fingerprint density at radius 1 is 1.28 bits per heavy atom. The second kappa shape index (κ2) is 5.12. The molecule has 18 heavy (non-hydrogen) atoms. The minimum atomic E-state index is -1.08. The van der Waals surface area contributed by atoms with Gasteiger partial charge >= 0.3 is 0 Å². The molecule has 0 N–H and O–H groups in total. The van der Waals surface area contributed by atoms with Gasteiger partial charge in [0.1, 0.15) is 5.78 Å². The maximum absolute atomic E-state index is 12.1. The Bertz CT molecular complexity index is 481. The van der Waals surface area contributed by atoms with Crippen molar-refractivity contribution in [3.8, 4) is 0 Å². The van der Waals surface area contributed by atoms with E-state index >= 15 is 0 Å². The summed E-state index contributed by atoms with van der Waals surface area (Å²) in [6.45, 7) is 2.15. The highest BCUT2D eigenvalue weighted by atomic mass is 16.2. The van der Waals surface area contributed by atoms with E-state index in [1.807, 2.05) is 30.3 Å². The van der Waals surface area contributed by atoms with Crippen LogP contribution in [0, 0.1) is 5.92 Å². The van der Waals surface area contributed by atoms with Gasteiger partial charge in [0.05, 0.1) is 0 Å². The van der Waals surface area contributed by atoms with E-state index in [0.29, 0.717) is 13.1 Å². The number of Topliss-reactive ketones (excluding diaryl/α,β-unsaturated/α-hetero) is 2. The van der Waals surface area contributed by atoms with Crippen molar-refractivity contribution >= 4 is 17.5 Å². The highest BCUT2D eigenvalue weighted by Crippen LogP contribution is 2.18. The number of nitrogens with zero attached hydrogens (tertiary/aromatic N) is 1. The number of amides is 1. The Hall–Kier alpha value is -1.97. The fraction of sp³-hybridized carbons (Fsp3) is 0.357. The van der Waals surface area contributed by atoms with Gasteiger partial charge < -0.3 is 4.90 Å². The van der Waals surface area contributed by atoms with Crippen molar-refractivity contribution in [2.45, 2.75) is 19.9 Å². The SMILES string of the molecule is CC(=O)C1C(=O)CCN(Cc2ccccc2)C1=O. The lowest BCUT2D eigenvalue weighted by Gasteiger charge is -2.30. The molecule has 4 nitrogen and oxygen atoms in total. The zero-order valence-corrected chi connectivity index (χ0v) is 10.3. The van der Waals surface area contributed by atoms with Crippen LogP contribution in [0.4, 0.5) is 0 Å². The summed E-state index contributed by atoms with van der Waals surface area (Å²) >= 11 is 0. The van der Waals surface area contributed by atoms with E-state index < -0.39 is 5.92 Å². The molecule has 1 aliphatic rings. The molecule has 1 saturated heterocycles. The number of rotatable bonds is 3. The molecule has 1 aromatic rings. The third-order valence-corrected chi connectivity index (χ3v) is 3.13. The van der Waals surface area contributed by atoms with Gasteiger partial charge in [-0.1, -0.05) is 30.3 Å². The van der Waals surface area contributed by atoms with E-state index in [2.05, 4.69) is 0 Å². The van der Waals surface area contributed by atoms with Crippen molar-refractivity contribution in [3.63, 3.8) is 0 Å². The van der Waals surface area contributed by atoms with Gasteiger partial charge in [-0.15, -0.1) is 0 Å². The van der Waals surface area contributed by atoms with Gasteiger partial charge in [-0.25, -0.2) is 0 Å². The first-order valence-electron chi connectivity index (χ1n) is 5.95. The van der Waals surface area contributed by atoms with E-state index in [-0.39, 0.29) is 23.9 Å². The molecule has 1 aromatic carbocycles. The normalized spacial score (nSPS) is 20.1. The molecule has 1 aliphatic heterocycles. The van der Waals surface area contributed by atoms with Crippen molar-refractivity contribution in [3.05, 3.63) is 35.9 Å². The maximum atomic E-state index is 12.1. The first-order chi connectivity index (χ1) is 8.59. The molecule has 2 rings (SSSR count). The van der Waals surface area contributed by atoms with Crippen LogP contribution in [-0.2, 0) is 20.9 Å². The monoisotopic (exact) mass is 245 g/mol. The Balaban J connectivity index is 2.13. The first-order valence-corrected chi connectivity index (χ1v) is 5.95. The van der Waals surface area contributed by atoms with Crippen LogP contribution in [0.5, 0.6) is 0 Å². The van der Waals surface area contributed by atoms with Gasteiger partial charge in [0, 0.05) is 19.5 Å². The summed E-state index contributed by atoms with van der Waals surface area (Å²) in [7, 11) is 0. The Labute approximate surface area is 106 Å². The minimum Gasteiger partial charge on any atom is -0.337 e. The van der Waals surface area contributed by atoms with Crippen molar-refractivity contribution in [2.24, 2.45) is 5.92 Å². The predicted molar refractivity (Wildman–Crippen MR) is 65.7 cm³/mol. The largest absolute Gasteiger partial charge is 0.337 e. The second-order valence-electron chi connectivity index (χ2n) is 4.51. The maximum Gasteiger partial charge on any atom is 0.241 e. The van der Waals surface area contributed by atoms with Crippen LogP contribution in [0.15, 0.2) is 30.3 Å². The van der Waals surface area contributed by atoms with Gasteiger partial charge in [0.25, 0.3) is 0 Å². The van der Waals surface area contributed by atoms with Gasteiger partial charge in [-0.2, -0.15) is 0 Å². The fourth-order valence-corrected chi connectivity index (χ4v) is 2.18. The minimum absolute atomic E-state index is 0.253. The Morgan fingerprint density at radius 2 is 1.94 bits per heavy atom. The number of carbonyl (C=O) groups is 3. The summed E-state index contributed by atoms with van der Waals surface area (Å²) in [5.74, 6) is -2.05. The second-order valence-corrected chi connectivity index (χ2v) is 4.51. The van der Waals surface area contributed by atoms with Crippen molar-refractivity contribution < 1.29 is 14.4 Å². The summed E-state index contributed by atoms with van der Waals surface area (Å²) in [5.41, 5.74) is 1.00. The van der Waals surface area contributed by atoms with Crippen molar-refractivity contribution in [1.29, 1.82) is 0 Å². The highest BCUT2D eigenvalue weighted by molar-refractivity contribution is 6.19. The topological polar surface area (TPSA) is 54.5 Å². The van der Waals surface area contributed by atoms with E-state index in [9.17, 15) is 14.4 Å². The van der Waals surface area contributed by atoms with Crippen LogP contribution in [0.3, 0.4) is 0 Å². The molecule has 0 radical (unpaired) electrons. The Kier molecular flexibility index (Phi) is 3.55. The van der Waals surface area contributed by atoms with E-state index in [1.54, 1.807) is 4.90 Å². The van der Waals surface area contributed by atoms with Gasteiger partial charge in [0.15, 0.2) is 11.7 Å². The number of hydrogen-bond donors (Lipinski definition) is 0. The standard InChI is InChI=1S/C14H15NO3/c1-10(16)13-12(17)7-8-15(14(13)18)9-11-5-3-2-4-6-11/h2-6,13H,7-9H2,1H3. The fourth-order valence-electron chi connectivity index (χ4n) is 2.18. The van der Waals surface area contributed by atoms with Gasteiger partial charge in [-0.3, -0.25) is 14.4 Å². The van der Waals surface area contributed by atoms with E-state index in [4.69, 9.17) is 0 Å². The van der Waals surface area contributed by atoms with Crippen LogP contribution in [0.1, 0.15) is 18.9 Å². The molecule has 0 aromatic heterocycles. The molecule has 1 heterocycles. The van der Waals surface area contributed by atoms with Crippen LogP contribution in [-0.4, -0.2) is 28.9 Å². The summed E-state index contributed by atoms with van der Waals surface area (Å²) in [6, 6.07) is 9.55. The van der Waals surface area contributed by atoms with Crippen molar-refractivity contribution in [1.82, 2.24) is 4.90 Å². The quantitative estimate of drug-likeness (QED) is 0.752. The summed E-state index contributed by atoms with van der Waals surface area (Å²) in [6.07, 6.45) is 0.267. The van der Waals surface area contributed by atoms with E-state index in [1.165, 1.54) is 6.92 Å². The number of piperidine rings is 1. The Morgan fingerprint density at radius 3 is 2.56 bits per heavy atom. The van der Waals surface area contributed by atoms with Gasteiger partial charge in [-0.05, 0) is 12.5 Å². The zero-order valence-electron chi connectivity index (χ0n) is 10.3. The zero-order chi connectivity index (χ0) is 13.1. The number of benzene rings is 1. The molecule has 0 spiro atoms. The number of ketones is 2. The molecule has 1 amide bonds. The summed E-state index contributed by atoms with van der Waals surface area (Å²) < 4.78 is 0. The smallest absolute Gasteiger partial charge is 0.241 e.